The summed E-state index contributed by atoms with van der Waals surface area (Å²) in [4.78, 5) is 5.27. The third kappa shape index (κ3) is 6.51. The van der Waals surface area contributed by atoms with Crippen molar-refractivity contribution in [2.45, 2.75) is 13.2 Å². The van der Waals surface area contributed by atoms with Gasteiger partial charge < -0.3 is 23.4 Å². The van der Waals surface area contributed by atoms with Crippen LogP contribution in [0, 0.1) is 0 Å². The molecule has 3 aromatic carbocycles. The zero-order valence-corrected chi connectivity index (χ0v) is 23.2. The molecule has 0 spiro atoms. The molecule has 0 saturated carbocycles. The van der Waals surface area contributed by atoms with Crippen LogP contribution in [0.5, 0.6) is 16.7 Å². The van der Waals surface area contributed by atoms with E-state index in [0.29, 0.717) is 24.2 Å². The molecule has 0 amide bonds. The maximum Gasteiger partial charge on any atom is 0.294 e. The lowest BCUT2D eigenvalue weighted by atomic mass is 10.2. The molecule has 0 radical (unpaired) electrons. The first kappa shape index (κ1) is 26.6. The fourth-order valence-electron chi connectivity index (χ4n) is 3.83. The van der Waals surface area contributed by atoms with Crippen LogP contribution in [0.4, 0.5) is 0 Å². The van der Waals surface area contributed by atoms with Gasteiger partial charge in [-0.1, -0.05) is 35.9 Å². The van der Waals surface area contributed by atoms with Crippen molar-refractivity contribution in [3.63, 3.8) is 0 Å². The van der Waals surface area contributed by atoms with Crippen LogP contribution >= 0.6 is 22.9 Å². The van der Waals surface area contributed by atoms with Gasteiger partial charge in [0.15, 0.2) is 5.76 Å². The Bertz CT molecular complexity index is 1660. The molecule has 0 aliphatic heterocycles. The first-order valence-corrected chi connectivity index (χ1v) is 13.2. The minimum absolute atomic E-state index is 0.511. The van der Waals surface area contributed by atoms with Gasteiger partial charge in [-0.2, -0.15) is 0 Å². The smallest absolute Gasteiger partial charge is 0.294 e. The molecule has 0 N–H and O–H groups in total. The fourth-order valence-corrected chi connectivity index (χ4v) is 4.75. The molecule has 0 fully saturated rings. The normalized spacial score (nSPS) is 10.9. The lowest BCUT2D eigenvalue weighted by Crippen LogP contribution is -1.96. The lowest BCUT2D eigenvalue weighted by Gasteiger charge is -2.08. The first-order valence-electron chi connectivity index (χ1n) is 12.0. The van der Waals surface area contributed by atoms with Crippen LogP contribution < -0.4 is 14.2 Å². The lowest BCUT2D eigenvalue weighted by molar-refractivity contribution is 0.184. The number of furan rings is 1. The van der Waals surface area contributed by atoms with Crippen molar-refractivity contribution in [2.24, 2.45) is 0 Å². The molecule has 0 unspecified atom stereocenters. The van der Waals surface area contributed by atoms with E-state index < -0.39 is 0 Å². The number of halogens is 1. The average molecular weight is 564 g/mol. The predicted octanol–water partition coefficient (Wildman–Crippen LogP) is 7.29. The summed E-state index contributed by atoms with van der Waals surface area (Å²) in [6.45, 7) is 1.10. The third-order valence-electron chi connectivity index (χ3n) is 5.68. The van der Waals surface area contributed by atoms with Crippen molar-refractivity contribution in [1.82, 2.24) is 14.6 Å². The van der Waals surface area contributed by atoms with Crippen molar-refractivity contribution in [3.8, 4) is 28.1 Å². The Hall–Kier alpha value is -4.05. The number of imidazole rings is 1. The molecule has 0 aliphatic rings. The monoisotopic (exact) mass is 563 g/mol. The van der Waals surface area contributed by atoms with Gasteiger partial charge in [0.2, 0.25) is 4.96 Å². The van der Waals surface area contributed by atoms with E-state index in [2.05, 4.69) is 10.1 Å². The highest BCUT2D eigenvalue weighted by atomic mass is 35.5. The SMILES string of the molecule is COCc1cccc(OCc2cccc(Cl)c2)c1.COc1ccc2cc(-c3cn4nc(OC)sc4n3)oc2c1. The van der Waals surface area contributed by atoms with Crippen molar-refractivity contribution in [2.75, 3.05) is 21.3 Å². The molecule has 200 valence electrons. The van der Waals surface area contributed by atoms with Crippen LogP contribution in [0.1, 0.15) is 11.1 Å². The Morgan fingerprint density at radius 3 is 2.44 bits per heavy atom. The van der Waals surface area contributed by atoms with Gasteiger partial charge in [0.1, 0.15) is 29.4 Å². The van der Waals surface area contributed by atoms with Crippen LogP contribution in [0.25, 0.3) is 27.4 Å². The summed E-state index contributed by atoms with van der Waals surface area (Å²) in [5.41, 5.74) is 3.67. The number of aromatic nitrogens is 3. The van der Waals surface area contributed by atoms with Crippen molar-refractivity contribution < 1.29 is 23.4 Å². The molecule has 3 heterocycles. The van der Waals surface area contributed by atoms with Crippen molar-refractivity contribution >= 4 is 38.9 Å². The molecule has 8 nitrogen and oxygen atoms in total. The summed E-state index contributed by atoms with van der Waals surface area (Å²) < 4.78 is 28.6. The summed E-state index contributed by atoms with van der Waals surface area (Å²) in [6, 6.07) is 23.2. The second-order valence-electron chi connectivity index (χ2n) is 8.44. The van der Waals surface area contributed by atoms with Crippen LogP contribution in [-0.4, -0.2) is 35.9 Å². The van der Waals surface area contributed by atoms with Gasteiger partial charge >= 0.3 is 0 Å². The number of fused-ring (bicyclic) bond motifs is 2. The minimum atomic E-state index is 0.511. The fraction of sp³-hybridized carbons (Fsp3) is 0.172. The number of benzene rings is 3. The highest BCUT2D eigenvalue weighted by Gasteiger charge is 2.14. The van der Waals surface area contributed by atoms with E-state index in [4.69, 9.17) is 35.0 Å². The molecule has 10 heteroatoms. The Morgan fingerprint density at radius 2 is 1.69 bits per heavy atom. The van der Waals surface area contributed by atoms with Gasteiger partial charge in [-0.05, 0) is 64.9 Å². The van der Waals surface area contributed by atoms with Gasteiger partial charge in [-0.15, -0.1) is 5.10 Å². The second kappa shape index (κ2) is 12.2. The topological polar surface area (TPSA) is 80.2 Å². The van der Waals surface area contributed by atoms with E-state index in [1.807, 2.05) is 79.0 Å². The average Bonchev–Trinajstić information content (AvgIpc) is 3.65. The number of methoxy groups -OCH3 is 3. The molecular formula is C29H26ClN3O5S. The number of hydrogen-bond donors (Lipinski definition) is 0. The van der Waals surface area contributed by atoms with E-state index in [0.717, 1.165) is 49.3 Å². The summed E-state index contributed by atoms with van der Waals surface area (Å²) >= 11 is 7.30. The van der Waals surface area contributed by atoms with Crippen LogP contribution in [0.15, 0.2) is 83.4 Å². The van der Waals surface area contributed by atoms with Gasteiger partial charge in [0, 0.05) is 23.6 Å². The number of ether oxygens (including phenoxy) is 4. The van der Waals surface area contributed by atoms with E-state index in [-0.39, 0.29) is 0 Å². The second-order valence-corrected chi connectivity index (χ2v) is 9.79. The Balaban J connectivity index is 0.000000160. The Labute approximate surface area is 234 Å². The van der Waals surface area contributed by atoms with Crippen LogP contribution in [-0.2, 0) is 18.0 Å². The standard InChI is InChI=1S/C15H15ClO2.C14H11N3O3S/c1-17-10-13-5-3-7-15(9-13)18-11-12-4-2-6-14(16)8-12;1-18-9-4-3-8-5-12(20-11(8)6-9)10-7-17-13(15-10)21-14(16-17)19-2/h2-9H,10-11H2,1H3;3-7H,1-2H3. The number of rotatable bonds is 8. The molecule has 0 saturated heterocycles. The van der Waals surface area contributed by atoms with Gasteiger partial charge in [0.05, 0.1) is 27.0 Å². The highest BCUT2D eigenvalue weighted by Crippen LogP contribution is 2.31. The number of nitrogens with zero attached hydrogens (tertiary/aromatic N) is 3. The third-order valence-corrected chi connectivity index (χ3v) is 6.80. The molecule has 6 rings (SSSR count). The molecule has 3 aromatic heterocycles. The molecule has 0 atom stereocenters. The number of hydrogen-bond acceptors (Lipinski definition) is 8. The highest BCUT2D eigenvalue weighted by molar-refractivity contribution is 7.18. The zero-order valence-electron chi connectivity index (χ0n) is 21.6. The Kier molecular flexibility index (Phi) is 8.31. The van der Waals surface area contributed by atoms with E-state index in [1.165, 1.54) is 11.3 Å². The van der Waals surface area contributed by atoms with Crippen LogP contribution in [0.2, 0.25) is 5.02 Å². The van der Waals surface area contributed by atoms with Gasteiger partial charge in [-0.3, -0.25) is 0 Å². The zero-order chi connectivity index (χ0) is 27.2. The van der Waals surface area contributed by atoms with Gasteiger partial charge in [-0.25, -0.2) is 9.50 Å². The maximum absolute atomic E-state index is 5.92. The van der Waals surface area contributed by atoms with E-state index in [9.17, 15) is 0 Å². The quantitative estimate of drug-likeness (QED) is 0.192. The molecular weight excluding hydrogens is 538 g/mol. The summed E-state index contributed by atoms with van der Waals surface area (Å²) in [5.74, 6) is 2.31. The molecule has 0 aliphatic carbocycles. The Morgan fingerprint density at radius 1 is 0.872 bits per heavy atom. The van der Waals surface area contributed by atoms with E-state index in [1.54, 1.807) is 25.8 Å². The molecule has 39 heavy (non-hydrogen) atoms. The summed E-state index contributed by atoms with van der Waals surface area (Å²) in [7, 11) is 4.90. The largest absolute Gasteiger partial charge is 0.497 e. The summed E-state index contributed by atoms with van der Waals surface area (Å²) in [6.07, 6.45) is 1.82. The minimum Gasteiger partial charge on any atom is -0.497 e. The van der Waals surface area contributed by atoms with Crippen LogP contribution in [0.3, 0.4) is 0 Å². The molecule has 0 bridgehead atoms. The van der Waals surface area contributed by atoms with E-state index >= 15 is 0 Å². The summed E-state index contributed by atoms with van der Waals surface area (Å²) in [5, 5.41) is 6.56. The predicted molar refractivity (Wildman–Crippen MR) is 152 cm³/mol. The maximum atomic E-state index is 5.92. The molecule has 6 aromatic rings. The van der Waals surface area contributed by atoms with Crippen molar-refractivity contribution in [1.29, 1.82) is 0 Å². The first-order chi connectivity index (χ1) is 19.0. The van der Waals surface area contributed by atoms with Crippen molar-refractivity contribution in [3.05, 3.63) is 95.1 Å². The van der Waals surface area contributed by atoms with Gasteiger partial charge in [0.25, 0.3) is 5.19 Å².